The van der Waals surface area contributed by atoms with Crippen molar-refractivity contribution in [2.24, 2.45) is 0 Å². The predicted molar refractivity (Wildman–Crippen MR) is 236 cm³/mol. The van der Waals surface area contributed by atoms with Crippen molar-refractivity contribution < 1.29 is 38.2 Å². The van der Waals surface area contributed by atoms with E-state index in [2.05, 4.69) is 50.3 Å². The first-order valence-electron chi connectivity index (χ1n) is 23.5. The van der Waals surface area contributed by atoms with Gasteiger partial charge in [-0.2, -0.15) is 0 Å². The Morgan fingerprint density at radius 3 is 1.44 bits per heavy atom. The van der Waals surface area contributed by atoms with Crippen LogP contribution < -0.4 is 5.11 Å². The van der Waals surface area contributed by atoms with Crippen LogP contribution in [0.4, 0.5) is 0 Å². The van der Waals surface area contributed by atoms with E-state index in [1.807, 2.05) is 0 Å². The molecule has 0 amide bonds. The summed E-state index contributed by atoms with van der Waals surface area (Å²) in [5, 5.41) is 11.6. The molecule has 2 unspecified atom stereocenters. The van der Waals surface area contributed by atoms with Crippen LogP contribution in [0.3, 0.4) is 0 Å². The first kappa shape index (κ1) is 54.6. The van der Waals surface area contributed by atoms with Gasteiger partial charge in [-0.05, 0) is 57.8 Å². The Hall–Kier alpha value is -2.45. The quantitative estimate of drug-likeness (QED) is 0.0199. The second-order valence-electron chi connectivity index (χ2n) is 17.0. The van der Waals surface area contributed by atoms with Crippen LogP contribution in [0.25, 0.3) is 0 Å². The predicted octanol–water partition coefficient (Wildman–Crippen LogP) is 11.7. The van der Waals surface area contributed by atoms with Crippen LogP contribution in [0.2, 0.25) is 0 Å². The van der Waals surface area contributed by atoms with Crippen molar-refractivity contribution >= 4 is 17.9 Å². The number of esters is 2. The molecular weight excluding hydrogens is 715 g/mol. The maximum absolute atomic E-state index is 12.7. The highest BCUT2D eigenvalue weighted by molar-refractivity contribution is 5.70. The Kier molecular flexibility index (Phi) is 38.6. The molecule has 0 aliphatic rings. The molecule has 0 saturated carbocycles. The fraction of sp³-hybridized carbons (Fsp3) is 0.816. The lowest BCUT2D eigenvalue weighted by molar-refractivity contribution is -0.889. The van der Waals surface area contributed by atoms with E-state index >= 15 is 0 Å². The molecule has 0 radical (unpaired) electrons. The molecule has 0 aromatic rings. The van der Waals surface area contributed by atoms with Gasteiger partial charge in [0.05, 0.1) is 40.3 Å². The molecule has 0 spiro atoms. The fourth-order valence-electron chi connectivity index (χ4n) is 6.81. The summed E-state index contributed by atoms with van der Waals surface area (Å²) in [5.74, 6) is -1.77. The van der Waals surface area contributed by atoms with Gasteiger partial charge in [-0.1, -0.05) is 166 Å². The van der Waals surface area contributed by atoms with Crippen LogP contribution in [-0.4, -0.2) is 75.5 Å². The molecule has 0 aromatic heterocycles. The average molecular weight is 804 g/mol. The summed E-state index contributed by atoms with van der Waals surface area (Å²) in [6.07, 6.45) is 46.1. The van der Waals surface area contributed by atoms with E-state index in [-0.39, 0.29) is 42.7 Å². The van der Waals surface area contributed by atoms with Crippen molar-refractivity contribution in [3.8, 4) is 0 Å². The minimum atomic E-state index is -1.13. The third kappa shape index (κ3) is 38.8. The summed E-state index contributed by atoms with van der Waals surface area (Å²) >= 11 is 0. The molecule has 0 aromatic carbocycles. The number of hydrogen-bond donors (Lipinski definition) is 0. The number of hydrogen-bond acceptors (Lipinski definition) is 7. The summed E-state index contributed by atoms with van der Waals surface area (Å²) in [6, 6.07) is -0.729. The zero-order chi connectivity index (χ0) is 42.1. The van der Waals surface area contributed by atoms with Crippen LogP contribution in [0, 0.1) is 0 Å². The highest BCUT2D eigenvalue weighted by Crippen LogP contribution is 2.15. The molecular formula is C49H89NO7. The minimum absolute atomic E-state index is 0.0315. The first-order valence-corrected chi connectivity index (χ1v) is 23.5. The van der Waals surface area contributed by atoms with Crippen LogP contribution >= 0.6 is 0 Å². The van der Waals surface area contributed by atoms with E-state index < -0.39 is 18.1 Å². The van der Waals surface area contributed by atoms with E-state index in [9.17, 15) is 19.5 Å². The van der Waals surface area contributed by atoms with Gasteiger partial charge in [-0.25, -0.2) is 0 Å². The van der Waals surface area contributed by atoms with E-state index in [0.29, 0.717) is 12.8 Å². The number of quaternary nitrogens is 1. The summed E-state index contributed by atoms with van der Waals surface area (Å²) < 4.78 is 17.1. The lowest BCUT2D eigenvalue weighted by atomic mass is 10.0. The van der Waals surface area contributed by atoms with Crippen molar-refractivity contribution in [3.05, 3.63) is 36.5 Å². The molecule has 0 aliphatic heterocycles. The maximum Gasteiger partial charge on any atom is 0.306 e. The number of carboxylic acids is 1. The zero-order valence-corrected chi connectivity index (χ0v) is 37.8. The molecule has 8 heteroatoms. The highest BCUT2D eigenvalue weighted by Gasteiger charge is 2.25. The van der Waals surface area contributed by atoms with Crippen LogP contribution in [0.5, 0.6) is 0 Å². The highest BCUT2D eigenvalue weighted by atomic mass is 16.6. The second kappa shape index (κ2) is 40.3. The topological polar surface area (TPSA) is 102 Å². The van der Waals surface area contributed by atoms with Gasteiger partial charge < -0.3 is 28.6 Å². The molecule has 0 bridgehead atoms. The van der Waals surface area contributed by atoms with Crippen molar-refractivity contribution in [2.75, 3.05) is 41.0 Å². The lowest BCUT2D eigenvalue weighted by Crippen LogP contribution is -2.55. The third-order valence-corrected chi connectivity index (χ3v) is 10.5. The molecule has 0 aliphatic carbocycles. The number of rotatable bonds is 42. The molecule has 0 heterocycles. The SMILES string of the molecule is CCCC/C=C/C=C/CCCCCC(=O)OCC(COCCC(C(=O)[O-])[N+](C)(C)C)OC(=O)CCCCCCCCC/C=C/CCCCCCCCCCCCC. The molecule has 57 heavy (non-hydrogen) atoms. The Bertz CT molecular complexity index is 1030. The van der Waals surface area contributed by atoms with Crippen molar-refractivity contribution in [3.63, 3.8) is 0 Å². The second-order valence-corrected chi connectivity index (χ2v) is 17.0. The average Bonchev–Trinajstić information content (AvgIpc) is 3.17. The number of nitrogens with zero attached hydrogens (tertiary/aromatic N) is 1. The number of carbonyl (C=O) groups is 3. The molecule has 332 valence electrons. The van der Waals surface area contributed by atoms with Crippen LogP contribution in [0.1, 0.15) is 206 Å². The molecule has 0 saturated heterocycles. The molecule has 0 rings (SSSR count). The van der Waals surface area contributed by atoms with Crippen molar-refractivity contribution in [1.29, 1.82) is 0 Å². The number of carboxylic acid groups (broad SMARTS) is 1. The summed E-state index contributed by atoms with van der Waals surface area (Å²) in [4.78, 5) is 36.8. The standard InChI is InChI=1S/C49H89NO7/c1-6-8-10-12-14-16-18-19-20-21-22-23-24-25-26-27-28-30-32-34-36-38-40-48(52)57-45(43-55-42-41-46(49(53)54)50(3,4)5)44-56-47(51)39-37-35-33-31-29-17-15-13-11-9-7-2/h13,15,17,24-25,29,45-46H,6-12,14,16,18-23,26-28,30-44H2,1-5H3/b15-13+,25-24+,29-17+. The monoisotopic (exact) mass is 804 g/mol. The number of likely N-dealkylation sites (N-methyl/N-ethyl adjacent to an activating group) is 1. The normalized spacial score (nSPS) is 13.2. The Balaban J connectivity index is 4.25. The molecule has 0 fully saturated rings. The van der Waals surface area contributed by atoms with Gasteiger partial charge in [0.1, 0.15) is 12.6 Å². The van der Waals surface area contributed by atoms with E-state index in [1.54, 1.807) is 21.1 Å². The minimum Gasteiger partial charge on any atom is -0.544 e. The number of carbonyl (C=O) groups excluding carboxylic acids is 3. The third-order valence-electron chi connectivity index (χ3n) is 10.5. The van der Waals surface area contributed by atoms with Gasteiger partial charge in [0.2, 0.25) is 0 Å². The number of unbranched alkanes of at least 4 members (excludes halogenated alkanes) is 23. The lowest BCUT2D eigenvalue weighted by Gasteiger charge is -2.34. The van der Waals surface area contributed by atoms with Crippen LogP contribution in [-0.2, 0) is 28.6 Å². The molecule has 8 nitrogen and oxygen atoms in total. The van der Waals surface area contributed by atoms with Gasteiger partial charge in [0, 0.05) is 19.3 Å². The van der Waals surface area contributed by atoms with E-state index in [0.717, 1.165) is 51.4 Å². The zero-order valence-electron chi connectivity index (χ0n) is 37.8. The number of aliphatic carboxylic acids is 1. The summed E-state index contributed by atoms with van der Waals surface area (Å²) in [5.41, 5.74) is 0. The van der Waals surface area contributed by atoms with Gasteiger partial charge >= 0.3 is 11.9 Å². The van der Waals surface area contributed by atoms with Gasteiger partial charge in [0.25, 0.3) is 0 Å². The Morgan fingerprint density at radius 1 is 0.526 bits per heavy atom. The van der Waals surface area contributed by atoms with Gasteiger partial charge in [0.15, 0.2) is 6.10 Å². The van der Waals surface area contributed by atoms with E-state index in [1.165, 1.54) is 122 Å². The Labute approximate surface area is 351 Å². The Morgan fingerprint density at radius 2 is 0.947 bits per heavy atom. The molecule has 2 atom stereocenters. The van der Waals surface area contributed by atoms with E-state index in [4.69, 9.17) is 14.2 Å². The number of ether oxygens (including phenoxy) is 3. The summed E-state index contributed by atoms with van der Waals surface area (Å²) in [6.45, 7) is 4.59. The van der Waals surface area contributed by atoms with Gasteiger partial charge in [-0.15, -0.1) is 0 Å². The first-order chi connectivity index (χ1) is 27.6. The van der Waals surface area contributed by atoms with Gasteiger partial charge in [-0.3, -0.25) is 9.59 Å². The molecule has 0 N–H and O–H groups in total. The smallest absolute Gasteiger partial charge is 0.306 e. The fourth-order valence-corrected chi connectivity index (χ4v) is 6.81. The van der Waals surface area contributed by atoms with Crippen molar-refractivity contribution in [1.82, 2.24) is 0 Å². The maximum atomic E-state index is 12.7. The summed E-state index contributed by atoms with van der Waals surface area (Å²) in [7, 11) is 5.40. The van der Waals surface area contributed by atoms with Crippen molar-refractivity contribution in [2.45, 2.75) is 219 Å². The number of allylic oxidation sites excluding steroid dienone is 6. The largest absolute Gasteiger partial charge is 0.544 e. The van der Waals surface area contributed by atoms with Crippen LogP contribution in [0.15, 0.2) is 36.5 Å².